The molecule has 0 bridgehead atoms. The molecule has 3 aliphatic rings. The zero-order chi connectivity index (χ0) is 23.2. The van der Waals surface area contributed by atoms with Gasteiger partial charge < -0.3 is 34.9 Å². The van der Waals surface area contributed by atoms with E-state index in [-0.39, 0.29) is 49.6 Å². The molecule has 0 radical (unpaired) electrons. The van der Waals surface area contributed by atoms with Crippen LogP contribution >= 0.6 is 0 Å². The number of aliphatic hydroxyl groups excluding tert-OH is 1. The van der Waals surface area contributed by atoms with E-state index in [1.807, 2.05) is 12.1 Å². The lowest BCUT2D eigenvalue weighted by Gasteiger charge is -2.37. The first-order valence-corrected chi connectivity index (χ1v) is 11.9. The Balaban J connectivity index is 1.35. The number of piperidine rings is 1. The molecule has 3 N–H and O–H groups in total. The molecule has 0 unspecified atom stereocenters. The zero-order valence-corrected chi connectivity index (χ0v) is 19.3. The van der Waals surface area contributed by atoms with Crippen LogP contribution in [0.25, 0.3) is 0 Å². The van der Waals surface area contributed by atoms with Crippen LogP contribution in [0.4, 0.5) is 5.69 Å². The fraction of sp³-hybridized carbons (Fsp3) is 0.667. The number of fused-ring (bicyclic) bond motifs is 3. The third kappa shape index (κ3) is 6.03. The maximum atomic E-state index is 12.6. The van der Waals surface area contributed by atoms with Gasteiger partial charge in [0.25, 0.3) is 0 Å². The monoisotopic (exact) mass is 461 g/mol. The predicted molar refractivity (Wildman–Crippen MR) is 122 cm³/mol. The molecule has 1 aromatic rings. The van der Waals surface area contributed by atoms with Crippen LogP contribution in [0.15, 0.2) is 18.2 Å². The van der Waals surface area contributed by atoms with Crippen LogP contribution in [-0.4, -0.2) is 86.6 Å². The highest BCUT2D eigenvalue weighted by Gasteiger charge is 2.46. The molecule has 182 valence electrons. The molecule has 9 heteroatoms. The average Bonchev–Trinajstić information content (AvgIpc) is 3.17. The zero-order valence-electron chi connectivity index (χ0n) is 19.3. The number of benzene rings is 1. The summed E-state index contributed by atoms with van der Waals surface area (Å²) in [5.74, 6) is 0.443. The number of nitrogens with one attached hydrogen (secondary N) is 2. The molecule has 2 saturated heterocycles. The van der Waals surface area contributed by atoms with Crippen LogP contribution in [0.2, 0.25) is 0 Å². The largest absolute Gasteiger partial charge is 0.487 e. The van der Waals surface area contributed by atoms with E-state index < -0.39 is 6.10 Å². The van der Waals surface area contributed by atoms with Gasteiger partial charge in [0.15, 0.2) is 0 Å². The van der Waals surface area contributed by atoms with Crippen molar-refractivity contribution in [3.8, 4) is 5.75 Å². The molecule has 4 atom stereocenters. The van der Waals surface area contributed by atoms with E-state index in [4.69, 9.17) is 14.2 Å². The molecule has 1 aromatic carbocycles. The van der Waals surface area contributed by atoms with Gasteiger partial charge in [0.05, 0.1) is 19.1 Å². The van der Waals surface area contributed by atoms with Crippen molar-refractivity contribution in [3.63, 3.8) is 0 Å². The van der Waals surface area contributed by atoms with E-state index in [0.29, 0.717) is 18.7 Å². The predicted octanol–water partition coefficient (Wildman–Crippen LogP) is 1.26. The second-order valence-corrected chi connectivity index (χ2v) is 9.09. The number of carbonyl (C=O) groups is 2. The Labute approximate surface area is 194 Å². The Morgan fingerprint density at radius 1 is 1.21 bits per heavy atom. The van der Waals surface area contributed by atoms with Crippen LogP contribution in [-0.2, 0) is 19.1 Å². The van der Waals surface area contributed by atoms with Crippen molar-refractivity contribution < 1.29 is 28.9 Å². The molecule has 3 heterocycles. The number of hydrogen-bond donors (Lipinski definition) is 3. The van der Waals surface area contributed by atoms with Gasteiger partial charge in [-0.25, -0.2) is 0 Å². The molecule has 0 aliphatic carbocycles. The molecule has 2 fully saturated rings. The SMILES string of the molecule is COCC(=O)Nc1ccc2c(c1)[C@H]1C[C@@H](CC(=O)NCCN3CCCCC3)O[C@@H](CO)[C@H]1O2. The lowest BCUT2D eigenvalue weighted by Crippen LogP contribution is -2.47. The van der Waals surface area contributed by atoms with E-state index in [9.17, 15) is 14.7 Å². The number of likely N-dealkylation sites (tertiary alicyclic amines) is 1. The van der Waals surface area contributed by atoms with Crippen LogP contribution in [0.3, 0.4) is 0 Å². The molecule has 33 heavy (non-hydrogen) atoms. The second kappa shape index (κ2) is 11.3. The summed E-state index contributed by atoms with van der Waals surface area (Å²) in [6.45, 7) is 3.53. The summed E-state index contributed by atoms with van der Waals surface area (Å²) < 4.78 is 17.0. The fourth-order valence-corrected chi connectivity index (χ4v) is 5.11. The first kappa shape index (κ1) is 23.9. The molecule has 0 aromatic heterocycles. The number of carbonyl (C=O) groups excluding carboxylic acids is 2. The summed E-state index contributed by atoms with van der Waals surface area (Å²) in [4.78, 5) is 26.8. The lowest BCUT2D eigenvalue weighted by molar-refractivity contribution is -0.142. The minimum absolute atomic E-state index is 0.0173. The summed E-state index contributed by atoms with van der Waals surface area (Å²) in [6.07, 6.45) is 3.50. The third-order valence-electron chi connectivity index (χ3n) is 6.67. The van der Waals surface area contributed by atoms with Crippen LogP contribution < -0.4 is 15.4 Å². The average molecular weight is 462 g/mol. The standard InChI is InChI=1S/C24H35N3O6/c1-31-15-23(30)26-16-5-6-20-18(11-16)19-12-17(32-21(14-28)24(19)33-20)13-22(29)25-7-10-27-8-3-2-4-9-27/h5-6,11,17,19,21,24,28H,2-4,7-10,12-15H2,1H3,(H,25,29)(H,26,30)/t17-,19+,21-,24-/m0/s1. The van der Waals surface area contributed by atoms with E-state index in [1.54, 1.807) is 6.07 Å². The van der Waals surface area contributed by atoms with E-state index >= 15 is 0 Å². The maximum Gasteiger partial charge on any atom is 0.250 e. The number of hydrogen-bond acceptors (Lipinski definition) is 7. The van der Waals surface area contributed by atoms with E-state index in [1.165, 1.54) is 26.4 Å². The van der Waals surface area contributed by atoms with Crippen molar-refractivity contribution in [1.82, 2.24) is 10.2 Å². The quantitative estimate of drug-likeness (QED) is 0.508. The summed E-state index contributed by atoms with van der Waals surface area (Å²) in [5, 5.41) is 15.7. The van der Waals surface area contributed by atoms with Gasteiger partial charge in [0.1, 0.15) is 24.6 Å². The minimum Gasteiger partial charge on any atom is -0.487 e. The smallest absolute Gasteiger partial charge is 0.250 e. The summed E-state index contributed by atoms with van der Waals surface area (Å²) in [6, 6.07) is 5.52. The number of nitrogens with zero attached hydrogens (tertiary/aromatic N) is 1. The Morgan fingerprint density at radius 2 is 2.03 bits per heavy atom. The van der Waals surface area contributed by atoms with Gasteiger partial charge in [-0.15, -0.1) is 0 Å². The second-order valence-electron chi connectivity index (χ2n) is 9.09. The molecule has 3 aliphatic heterocycles. The van der Waals surface area contributed by atoms with Crippen LogP contribution in [0.1, 0.15) is 43.6 Å². The lowest BCUT2D eigenvalue weighted by atomic mass is 9.84. The van der Waals surface area contributed by atoms with Crippen molar-refractivity contribution in [2.75, 3.05) is 51.8 Å². The van der Waals surface area contributed by atoms with Crippen molar-refractivity contribution >= 4 is 17.5 Å². The van der Waals surface area contributed by atoms with Crippen LogP contribution in [0, 0.1) is 0 Å². The Hall–Kier alpha value is -2.20. The molecule has 4 rings (SSSR count). The number of ether oxygens (including phenoxy) is 3. The first-order valence-electron chi connectivity index (χ1n) is 11.9. The third-order valence-corrected chi connectivity index (χ3v) is 6.67. The van der Waals surface area contributed by atoms with E-state index in [0.717, 1.165) is 30.9 Å². The van der Waals surface area contributed by atoms with Gasteiger partial charge in [-0.3, -0.25) is 9.59 Å². The minimum atomic E-state index is -0.506. The van der Waals surface area contributed by atoms with Gasteiger partial charge in [-0.2, -0.15) is 0 Å². The van der Waals surface area contributed by atoms with Crippen molar-refractivity contribution in [1.29, 1.82) is 0 Å². The summed E-state index contributed by atoms with van der Waals surface area (Å²) in [7, 11) is 1.47. The highest BCUT2D eigenvalue weighted by Crippen LogP contribution is 2.47. The topological polar surface area (TPSA) is 109 Å². The van der Waals surface area contributed by atoms with E-state index in [2.05, 4.69) is 15.5 Å². The van der Waals surface area contributed by atoms with Gasteiger partial charge in [-0.1, -0.05) is 6.42 Å². The molecule has 9 nitrogen and oxygen atoms in total. The first-order chi connectivity index (χ1) is 16.1. The number of amides is 2. The normalized spacial score (nSPS) is 26.7. The van der Waals surface area contributed by atoms with Crippen LogP contribution in [0.5, 0.6) is 5.75 Å². The van der Waals surface area contributed by atoms with Gasteiger partial charge in [0, 0.05) is 37.4 Å². The molecule has 2 amide bonds. The van der Waals surface area contributed by atoms with Gasteiger partial charge in [-0.05, 0) is 50.6 Å². The maximum absolute atomic E-state index is 12.6. The van der Waals surface area contributed by atoms with Crippen molar-refractivity contribution in [3.05, 3.63) is 23.8 Å². The Bertz CT molecular complexity index is 828. The molecular formula is C24H35N3O6. The van der Waals surface area contributed by atoms with Gasteiger partial charge >= 0.3 is 0 Å². The Kier molecular flexibility index (Phi) is 8.19. The number of aliphatic hydroxyl groups is 1. The highest BCUT2D eigenvalue weighted by atomic mass is 16.6. The van der Waals surface area contributed by atoms with Gasteiger partial charge in [0.2, 0.25) is 11.8 Å². The molecule has 0 spiro atoms. The summed E-state index contributed by atoms with van der Waals surface area (Å²) >= 11 is 0. The van der Waals surface area contributed by atoms with Crippen molar-refractivity contribution in [2.24, 2.45) is 0 Å². The van der Waals surface area contributed by atoms with Crippen molar-refractivity contribution in [2.45, 2.75) is 56.3 Å². The Morgan fingerprint density at radius 3 is 2.79 bits per heavy atom. The number of anilines is 1. The molecule has 0 saturated carbocycles. The number of rotatable bonds is 9. The highest BCUT2D eigenvalue weighted by molar-refractivity contribution is 5.91. The fourth-order valence-electron chi connectivity index (χ4n) is 5.11. The summed E-state index contributed by atoms with van der Waals surface area (Å²) in [5.41, 5.74) is 1.63. The molecular weight excluding hydrogens is 426 g/mol. The number of methoxy groups -OCH3 is 1.